The number of aryl methyl sites for hydroxylation is 1. The van der Waals surface area contributed by atoms with E-state index in [4.69, 9.17) is 5.26 Å². The number of nitriles is 1. The highest BCUT2D eigenvalue weighted by Gasteiger charge is 2.33. The Morgan fingerprint density at radius 1 is 1.29 bits per heavy atom. The summed E-state index contributed by atoms with van der Waals surface area (Å²) in [5.41, 5.74) is -0.929. The first-order valence-electron chi connectivity index (χ1n) is 6.12. The summed E-state index contributed by atoms with van der Waals surface area (Å²) in [7, 11) is 0. The molecule has 0 saturated carbocycles. The maximum Gasteiger partial charge on any atom is 0.433 e. The van der Waals surface area contributed by atoms with E-state index in [1.54, 1.807) is 11.3 Å². The maximum atomic E-state index is 12.7. The SMILES string of the molecule is Cc1ccc(C(C)Nc2nc(C(F)(F)F)ccc2C#N)s1. The Morgan fingerprint density at radius 2 is 2.00 bits per heavy atom. The highest BCUT2D eigenvalue weighted by molar-refractivity contribution is 7.12. The number of nitrogens with one attached hydrogen (secondary N) is 1. The van der Waals surface area contributed by atoms with Gasteiger partial charge in [-0.3, -0.25) is 0 Å². The molecule has 0 radical (unpaired) electrons. The molecule has 0 amide bonds. The van der Waals surface area contributed by atoms with Crippen molar-refractivity contribution in [2.75, 3.05) is 5.32 Å². The zero-order valence-electron chi connectivity index (χ0n) is 11.3. The first kappa shape index (κ1) is 15.3. The van der Waals surface area contributed by atoms with Crippen molar-refractivity contribution >= 4 is 17.2 Å². The van der Waals surface area contributed by atoms with E-state index in [1.165, 1.54) is 0 Å². The molecule has 0 bridgehead atoms. The van der Waals surface area contributed by atoms with Crippen LogP contribution in [0.1, 0.15) is 34.0 Å². The fraction of sp³-hybridized carbons (Fsp3) is 0.286. The molecule has 1 atom stereocenters. The Hall–Kier alpha value is -2.07. The number of pyridine rings is 1. The summed E-state index contributed by atoms with van der Waals surface area (Å²) in [4.78, 5) is 5.61. The number of hydrogen-bond acceptors (Lipinski definition) is 4. The molecular formula is C14H12F3N3S. The monoisotopic (exact) mass is 311 g/mol. The van der Waals surface area contributed by atoms with E-state index in [-0.39, 0.29) is 17.4 Å². The highest BCUT2D eigenvalue weighted by atomic mass is 32.1. The Labute approximate surface area is 124 Å². The van der Waals surface area contributed by atoms with Gasteiger partial charge in [0.2, 0.25) is 0 Å². The molecule has 110 valence electrons. The van der Waals surface area contributed by atoms with Crippen LogP contribution in [0.2, 0.25) is 0 Å². The third-order valence-electron chi connectivity index (χ3n) is 2.85. The van der Waals surface area contributed by atoms with Gasteiger partial charge in [0.1, 0.15) is 17.6 Å². The summed E-state index contributed by atoms with van der Waals surface area (Å²) < 4.78 is 38.1. The number of halogens is 3. The summed E-state index contributed by atoms with van der Waals surface area (Å²) >= 11 is 1.54. The van der Waals surface area contributed by atoms with Crippen molar-refractivity contribution in [3.63, 3.8) is 0 Å². The van der Waals surface area contributed by atoms with Crippen molar-refractivity contribution in [1.82, 2.24) is 4.98 Å². The summed E-state index contributed by atoms with van der Waals surface area (Å²) in [6.45, 7) is 3.76. The van der Waals surface area contributed by atoms with Crippen molar-refractivity contribution in [1.29, 1.82) is 5.26 Å². The minimum Gasteiger partial charge on any atom is -0.362 e. The van der Waals surface area contributed by atoms with Gasteiger partial charge in [-0.1, -0.05) is 0 Å². The molecule has 0 aliphatic heterocycles. The van der Waals surface area contributed by atoms with Gasteiger partial charge in [-0.15, -0.1) is 11.3 Å². The molecule has 2 rings (SSSR count). The minimum atomic E-state index is -4.53. The standard InChI is InChI=1S/C14H12F3N3S/c1-8-3-5-11(21-8)9(2)19-13-10(7-18)4-6-12(20-13)14(15,16)17/h3-6,9H,1-2H3,(H,19,20). The minimum absolute atomic E-state index is 0.0501. The number of nitrogens with zero attached hydrogens (tertiary/aromatic N) is 2. The fourth-order valence-electron chi connectivity index (χ4n) is 1.78. The first-order chi connectivity index (χ1) is 9.81. The van der Waals surface area contributed by atoms with E-state index < -0.39 is 11.9 Å². The van der Waals surface area contributed by atoms with Gasteiger partial charge >= 0.3 is 6.18 Å². The molecule has 7 heteroatoms. The van der Waals surface area contributed by atoms with E-state index in [0.717, 1.165) is 21.9 Å². The summed E-state index contributed by atoms with van der Waals surface area (Å²) in [6.07, 6.45) is -4.53. The van der Waals surface area contributed by atoms with E-state index in [2.05, 4.69) is 10.3 Å². The Kier molecular flexibility index (Phi) is 4.19. The van der Waals surface area contributed by atoms with Gasteiger partial charge in [0, 0.05) is 9.75 Å². The van der Waals surface area contributed by atoms with E-state index in [1.807, 2.05) is 32.0 Å². The number of aromatic nitrogens is 1. The smallest absolute Gasteiger partial charge is 0.362 e. The van der Waals surface area contributed by atoms with Gasteiger partial charge in [0.05, 0.1) is 11.6 Å². The van der Waals surface area contributed by atoms with Crippen LogP contribution in [0, 0.1) is 18.3 Å². The van der Waals surface area contributed by atoms with Crippen LogP contribution < -0.4 is 5.32 Å². The van der Waals surface area contributed by atoms with E-state index in [0.29, 0.717) is 0 Å². The molecular weight excluding hydrogens is 299 g/mol. The predicted molar refractivity (Wildman–Crippen MR) is 75.0 cm³/mol. The molecule has 3 nitrogen and oxygen atoms in total. The molecule has 21 heavy (non-hydrogen) atoms. The Bertz CT molecular complexity index is 686. The lowest BCUT2D eigenvalue weighted by Crippen LogP contribution is -2.13. The van der Waals surface area contributed by atoms with Crippen LogP contribution in [0.5, 0.6) is 0 Å². The lowest BCUT2D eigenvalue weighted by atomic mass is 10.2. The van der Waals surface area contributed by atoms with E-state index in [9.17, 15) is 13.2 Å². The molecule has 2 heterocycles. The quantitative estimate of drug-likeness (QED) is 0.907. The average Bonchev–Trinajstić information content (AvgIpc) is 2.84. The second-order valence-corrected chi connectivity index (χ2v) is 5.84. The van der Waals surface area contributed by atoms with Crippen molar-refractivity contribution in [2.45, 2.75) is 26.1 Å². The Morgan fingerprint density at radius 3 is 2.52 bits per heavy atom. The highest BCUT2D eigenvalue weighted by Crippen LogP contribution is 2.31. The Balaban J connectivity index is 2.32. The zero-order valence-corrected chi connectivity index (χ0v) is 12.1. The third kappa shape index (κ3) is 3.52. The molecule has 2 aromatic rings. The number of anilines is 1. The van der Waals surface area contributed by atoms with Crippen LogP contribution in [0.25, 0.3) is 0 Å². The number of alkyl halides is 3. The topological polar surface area (TPSA) is 48.7 Å². The zero-order chi connectivity index (χ0) is 15.6. The van der Waals surface area contributed by atoms with Gasteiger partial charge in [0.15, 0.2) is 0 Å². The number of rotatable bonds is 3. The van der Waals surface area contributed by atoms with Gasteiger partial charge in [-0.2, -0.15) is 18.4 Å². The van der Waals surface area contributed by atoms with Crippen molar-refractivity contribution < 1.29 is 13.2 Å². The number of thiophene rings is 1. The molecule has 1 unspecified atom stereocenters. The predicted octanol–water partition coefficient (Wildman–Crippen LogP) is 4.52. The lowest BCUT2D eigenvalue weighted by Gasteiger charge is -2.15. The van der Waals surface area contributed by atoms with Crippen LogP contribution in [-0.2, 0) is 6.18 Å². The van der Waals surface area contributed by atoms with Crippen LogP contribution in [-0.4, -0.2) is 4.98 Å². The van der Waals surface area contributed by atoms with Crippen molar-refractivity contribution in [3.8, 4) is 6.07 Å². The average molecular weight is 311 g/mol. The molecule has 0 aliphatic carbocycles. The molecule has 0 aromatic carbocycles. The van der Waals surface area contributed by atoms with Crippen LogP contribution in [0.3, 0.4) is 0 Å². The van der Waals surface area contributed by atoms with Gasteiger partial charge in [-0.25, -0.2) is 4.98 Å². The lowest BCUT2D eigenvalue weighted by molar-refractivity contribution is -0.141. The second-order valence-electron chi connectivity index (χ2n) is 4.52. The van der Waals surface area contributed by atoms with Gasteiger partial charge in [-0.05, 0) is 38.1 Å². The summed E-state index contributed by atoms with van der Waals surface area (Å²) in [6, 6.07) is 7.39. The molecule has 0 spiro atoms. The maximum absolute atomic E-state index is 12.7. The van der Waals surface area contributed by atoms with E-state index >= 15 is 0 Å². The summed E-state index contributed by atoms with van der Waals surface area (Å²) in [5, 5.41) is 11.9. The molecule has 1 N–H and O–H groups in total. The molecule has 2 aromatic heterocycles. The van der Waals surface area contributed by atoms with Gasteiger partial charge in [0.25, 0.3) is 0 Å². The van der Waals surface area contributed by atoms with Crippen LogP contribution >= 0.6 is 11.3 Å². The summed E-state index contributed by atoms with van der Waals surface area (Å²) in [5.74, 6) is -0.0501. The first-order valence-corrected chi connectivity index (χ1v) is 6.94. The van der Waals surface area contributed by atoms with Crippen molar-refractivity contribution in [2.24, 2.45) is 0 Å². The van der Waals surface area contributed by atoms with Crippen molar-refractivity contribution in [3.05, 3.63) is 45.3 Å². The van der Waals surface area contributed by atoms with Crippen LogP contribution in [0.15, 0.2) is 24.3 Å². The number of hydrogen-bond donors (Lipinski definition) is 1. The third-order valence-corrected chi connectivity index (χ3v) is 4.03. The van der Waals surface area contributed by atoms with Gasteiger partial charge < -0.3 is 5.32 Å². The fourth-order valence-corrected chi connectivity index (χ4v) is 2.66. The molecule has 0 fully saturated rings. The molecule has 0 saturated heterocycles. The largest absolute Gasteiger partial charge is 0.433 e. The molecule has 0 aliphatic rings. The second kappa shape index (κ2) is 5.74. The normalized spacial score (nSPS) is 12.8. The van der Waals surface area contributed by atoms with Crippen LogP contribution in [0.4, 0.5) is 19.0 Å².